The lowest BCUT2D eigenvalue weighted by atomic mass is 10.0. The van der Waals surface area contributed by atoms with E-state index in [4.69, 9.17) is 39.5 Å². The minimum absolute atomic E-state index is 0.419. The van der Waals surface area contributed by atoms with Gasteiger partial charge >= 0.3 is 0 Å². The summed E-state index contributed by atoms with van der Waals surface area (Å²) in [6.07, 6.45) is -0.894. The predicted molar refractivity (Wildman–Crippen MR) is 78.5 cm³/mol. The number of rotatable bonds is 3. The van der Waals surface area contributed by atoms with Crippen LogP contribution in [0.3, 0.4) is 0 Å². The molecule has 2 aromatic rings. The van der Waals surface area contributed by atoms with Crippen LogP contribution in [0.15, 0.2) is 36.4 Å². The molecule has 0 amide bonds. The first-order chi connectivity index (χ1) is 9.01. The molecule has 19 heavy (non-hydrogen) atoms. The third-order valence-corrected chi connectivity index (χ3v) is 3.47. The smallest absolute Gasteiger partial charge is 0.120 e. The molecule has 0 saturated heterocycles. The van der Waals surface area contributed by atoms with Gasteiger partial charge in [-0.25, -0.2) is 0 Å². The van der Waals surface area contributed by atoms with Crippen molar-refractivity contribution in [2.24, 2.45) is 0 Å². The fourth-order valence-electron chi connectivity index (χ4n) is 1.77. The first kappa shape index (κ1) is 14.5. The second kappa shape index (κ2) is 6.02. The number of hydrogen-bond donors (Lipinski definition) is 1. The lowest BCUT2D eigenvalue weighted by Crippen LogP contribution is -2.01. The van der Waals surface area contributed by atoms with Crippen LogP contribution in [0.1, 0.15) is 17.2 Å². The fraction of sp³-hybridized carbons (Fsp3) is 0.143. The SMILES string of the molecule is COc1ccc(C(O)c2cc(Cl)cc(Cl)c2)c(Cl)c1. The molecule has 2 rings (SSSR count). The second-order valence-corrected chi connectivity index (χ2v) is 5.27. The molecule has 0 fully saturated rings. The van der Waals surface area contributed by atoms with Gasteiger partial charge in [-0.3, -0.25) is 0 Å². The van der Waals surface area contributed by atoms with Crippen LogP contribution in [0.4, 0.5) is 0 Å². The minimum Gasteiger partial charge on any atom is -0.497 e. The summed E-state index contributed by atoms with van der Waals surface area (Å²) in [7, 11) is 1.55. The predicted octanol–water partition coefficient (Wildman–Crippen LogP) is 4.74. The molecule has 1 unspecified atom stereocenters. The minimum atomic E-state index is -0.894. The molecule has 2 nitrogen and oxygen atoms in total. The molecule has 0 aliphatic heterocycles. The van der Waals surface area contributed by atoms with E-state index in [9.17, 15) is 5.11 Å². The molecule has 5 heteroatoms. The van der Waals surface area contributed by atoms with E-state index in [1.165, 1.54) is 0 Å². The topological polar surface area (TPSA) is 29.5 Å². The van der Waals surface area contributed by atoms with Crippen LogP contribution in [0.25, 0.3) is 0 Å². The van der Waals surface area contributed by atoms with Crippen LogP contribution in [-0.2, 0) is 0 Å². The van der Waals surface area contributed by atoms with Crippen molar-refractivity contribution in [2.75, 3.05) is 7.11 Å². The Balaban J connectivity index is 2.40. The fourth-order valence-corrected chi connectivity index (χ4v) is 2.59. The zero-order valence-corrected chi connectivity index (χ0v) is 12.3. The molecule has 100 valence electrons. The molecule has 0 saturated carbocycles. The van der Waals surface area contributed by atoms with E-state index < -0.39 is 6.10 Å². The van der Waals surface area contributed by atoms with Crippen LogP contribution in [-0.4, -0.2) is 12.2 Å². The van der Waals surface area contributed by atoms with Crippen molar-refractivity contribution in [2.45, 2.75) is 6.10 Å². The quantitative estimate of drug-likeness (QED) is 0.886. The summed E-state index contributed by atoms with van der Waals surface area (Å²) in [6.45, 7) is 0. The summed E-state index contributed by atoms with van der Waals surface area (Å²) >= 11 is 18.0. The number of benzene rings is 2. The number of aliphatic hydroxyl groups is 1. The standard InChI is InChI=1S/C14H11Cl3O2/c1-19-11-2-3-12(13(17)7-11)14(18)8-4-9(15)6-10(16)5-8/h2-7,14,18H,1H3. The van der Waals surface area contributed by atoms with Gasteiger partial charge in [-0.15, -0.1) is 0 Å². The van der Waals surface area contributed by atoms with Crippen molar-refractivity contribution in [1.29, 1.82) is 0 Å². The van der Waals surface area contributed by atoms with Crippen LogP contribution in [0.5, 0.6) is 5.75 Å². The van der Waals surface area contributed by atoms with Crippen LogP contribution in [0, 0.1) is 0 Å². The van der Waals surface area contributed by atoms with Crippen molar-refractivity contribution in [1.82, 2.24) is 0 Å². The van der Waals surface area contributed by atoms with Gasteiger partial charge in [0.1, 0.15) is 11.9 Å². The van der Waals surface area contributed by atoms with Crippen LogP contribution < -0.4 is 4.74 Å². The molecule has 1 N–H and O–H groups in total. The molecule has 0 radical (unpaired) electrons. The third-order valence-electron chi connectivity index (χ3n) is 2.70. The summed E-state index contributed by atoms with van der Waals surface area (Å²) in [5.41, 5.74) is 1.16. The van der Waals surface area contributed by atoms with E-state index in [-0.39, 0.29) is 0 Å². The number of hydrogen-bond acceptors (Lipinski definition) is 2. The van der Waals surface area contributed by atoms with E-state index in [0.717, 1.165) is 0 Å². The Hall–Kier alpha value is -0.930. The molecule has 2 aromatic carbocycles. The van der Waals surface area contributed by atoms with E-state index in [1.54, 1.807) is 43.5 Å². The largest absolute Gasteiger partial charge is 0.497 e. The highest BCUT2D eigenvalue weighted by Crippen LogP contribution is 2.33. The van der Waals surface area contributed by atoms with Gasteiger partial charge in [-0.1, -0.05) is 40.9 Å². The summed E-state index contributed by atoms with van der Waals surface area (Å²) in [5.74, 6) is 0.630. The van der Waals surface area contributed by atoms with Crippen molar-refractivity contribution in [3.05, 3.63) is 62.6 Å². The number of halogens is 3. The Morgan fingerprint density at radius 3 is 2.16 bits per heavy atom. The lowest BCUT2D eigenvalue weighted by Gasteiger charge is -2.14. The summed E-state index contributed by atoms with van der Waals surface area (Å²) in [4.78, 5) is 0. The average Bonchev–Trinajstić information content (AvgIpc) is 2.36. The van der Waals surface area contributed by atoms with Crippen molar-refractivity contribution < 1.29 is 9.84 Å². The molecule has 0 aromatic heterocycles. The molecule has 0 bridgehead atoms. The molecular formula is C14H11Cl3O2. The van der Waals surface area contributed by atoms with Crippen molar-refractivity contribution in [3.8, 4) is 5.75 Å². The van der Waals surface area contributed by atoms with E-state index in [0.29, 0.717) is 31.9 Å². The Morgan fingerprint density at radius 1 is 1.00 bits per heavy atom. The molecule has 0 heterocycles. The Morgan fingerprint density at radius 2 is 1.63 bits per heavy atom. The highest BCUT2D eigenvalue weighted by Gasteiger charge is 2.15. The molecular weight excluding hydrogens is 307 g/mol. The second-order valence-electron chi connectivity index (χ2n) is 3.99. The van der Waals surface area contributed by atoms with Gasteiger partial charge in [0.25, 0.3) is 0 Å². The number of ether oxygens (including phenoxy) is 1. The van der Waals surface area contributed by atoms with Gasteiger partial charge in [0, 0.05) is 15.6 Å². The Bertz CT molecular complexity index is 579. The van der Waals surface area contributed by atoms with Crippen molar-refractivity contribution in [3.63, 3.8) is 0 Å². The summed E-state index contributed by atoms with van der Waals surface area (Å²) in [5, 5.41) is 11.7. The average molecular weight is 318 g/mol. The molecule has 1 atom stereocenters. The maximum Gasteiger partial charge on any atom is 0.120 e. The number of methoxy groups -OCH3 is 1. The highest BCUT2D eigenvalue weighted by atomic mass is 35.5. The lowest BCUT2D eigenvalue weighted by molar-refractivity contribution is 0.220. The van der Waals surface area contributed by atoms with Crippen LogP contribution >= 0.6 is 34.8 Å². The maximum absolute atomic E-state index is 10.3. The monoisotopic (exact) mass is 316 g/mol. The van der Waals surface area contributed by atoms with Gasteiger partial charge in [0.05, 0.1) is 12.1 Å². The zero-order chi connectivity index (χ0) is 14.0. The van der Waals surface area contributed by atoms with Gasteiger partial charge in [0.2, 0.25) is 0 Å². The first-order valence-electron chi connectivity index (χ1n) is 5.48. The summed E-state index contributed by atoms with van der Waals surface area (Å²) in [6, 6.07) is 10.00. The highest BCUT2D eigenvalue weighted by molar-refractivity contribution is 6.34. The normalized spacial score (nSPS) is 12.3. The van der Waals surface area contributed by atoms with Gasteiger partial charge in [-0.05, 0) is 35.9 Å². The zero-order valence-electron chi connectivity index (χ0n) is 10.0. The molecule has 0 aliphatic rings. The molecule has 0 spiro atoms. The Kier molecular flexibility index (Phi) is 4.58. The van der Waals surface area contributed by atoms with E-state index in [1.807, 2.05) is 0 Å². The maximum atomic E-state index is 10.3. The van der Waals surface area contributed by atoms with Gasteiger partial charge < -0.3 is 9.84 Å². The molecule has 0 aliphatic carbocycles. The van der Waals surface area contributed by atoms with Gasteiger partial charge in [0.15, 0.2) is 0 Å². The third kappa shape index (κ3) is 3.34. The number of aliphatic hydroxyl groups excluding tert-OH is 1. The summed E-state index contributed by atoms with van der Waals surface area (Å²) < 4.78 is 5.07. The van der Waals surface area contributed by atoms with E-state index in [2.05, 4.69) is 0 Å². The first-order valence-corrected chi connectivity index (χ1v) is 6.62. The van der Waals surface area contributed by atoms with Crippen molar-refractivity contribution >= 4 is 34.8 Å². The Labute approximate surface area is 126 Å². The van der Waals surface area contributed by atoms with Crippen LogP contribution in [0.2, 0.25) is 15.1 Å². The van der Waals surface area contributed by atoms with E-state index >= 15 is 0 Å². The van der Waals surface area contributed by atoms with Gasteiger partial charge in [-0.2, -0.15) is 0 Å².